The smallest absolute Gasteiger partial charge is 0.333 e. The Morgan fingerprint density at radius 3 is 2.56 bits per heavy atom. The second kappa shape index (κ2) is 12.7. The van der Waals surface area contributed by atoms with E-state index in [0.717, 1.165) is 0 Å². The number of alkyl halides is 5. The molecule has 0 bridgehead atoms. The molecule has 34 heavy (non-hydrogen) atoms. The molecule has 1 aromatic rings. The molecule has 0 saturated carbocycles. The third-order valence-electron chi connectivity index (χ3n) is 4.74. The van der Waals surface area contributed by atoms with Crippen LogP contribution < -0.4 is 10.1 Å². The minimum atomic E-state index is -4.47. The van der Waals surface area contributed by atoms with E-state index in [0.29, 0.717) is 16.9 Å². The van der Waals surface area contributed by atoms with Crippen molar-refractivity contribution in [2.45, 2.75) is 42.9 Å². The van der Waals surface area contributed by atoms with Gasteiger partial charge in [0.05, 0.1) is 18.6 Å². The number of hydrogen-bond donors (Lipinski definition) is 2. The van der Waals surface area contributed by atoms with Crippen LogP contribution in [0.3, 0.4) is 0 Å². The Kier molecular flexibility index (Phi) is 10.3. The Morgan fingerprint density at radius 1 is 1.24 bits per heavy atom. The van der Waals surface area contributed by atoms with Crippen molar-refractivity contribution < 1.29 is 46.5 Å². The zero-order chi connectivity index (χ0) is 25.3. The lowest BCUT2D eigenvalue weighted by atomic mass is 10.0. The Morgan fingerprint density at radius 2 is 1.94 bits per heavy atom. The minimum absolute atomic E-state index is 0.00797. The molecule has 1 aromatic carbocycles. The molecule has 7 nitrogen and oxygen atoms in total. The van der Waals surface area contributed by atoms with E-state index < -0.39 is 48.4 Å². The summed E-state index contributed by atoms with van der Waals surface area (Å²) in [7, 11) is 1.39. The van der Waals surface area contributed by atoms with E-state index in [1.54, 1.807) is 24.3 Å². The molecule has 2 rings (SSSR count). The lowest BCUT2D eigenvalue weighted by molar-refractivity contribution is -0.185. The lowest BCUT2D eigenvalue weighted by Crippen LogP contribution is -2.37. The summed E-state index contributed by atoms with van der Waals surface area (Å²) < 4.78 is 66.1. The van der Waals surface area contributed by atoms with Crippen LogP contribution in [0.1, 0.15) is 11.1 Å². The number of rotatable bonds is 13. The first-order chi connectivity index (χ1) is 16.0. The summed E-state index contributed by atoms with van der Waals surface area (Å²) in [6.07, 6.45) is 0.362. The number of carbonyl (C=O) groups is 2. The average molecular weight is 510 g/mol. The average Bonchev–Trinajstić information content (AvgIpc) is 2.79. The van der Waals surface area contributed by atoms with Gasteiger partial charge in [-0.05, 0) is 11.6 Å². The number of amides is 1. The monoisotopic (exact) mass is 509 g/mol. The van der Waals surface area contributed by atoms with Gasteiger partial charge in [0.1, 0.15) is 19.0 Å². The van der Waals surface area contributed by atoms with Crippen molar-refractivity contribution in [3.63, 3.8) is 0 Å². The van der Waals surface area contributed by atoms with Crippen molar-refractivity contribution in [1.82, 2.24) is 5.32 Å². The van der Waals surface area contributed by atoms with Gasteiger partial charge in [-0.3, -0.25) is 4.79 Å². The van der Waals surface area contributed by atoms with Gasteiger partial charge in [-0.2, -0.15) is 8.78 Å². The second-order valence-corrected chi connectivity index (χ2v) is 7.82. The highest BCUT2D eigenvalue weighted by Crippen LogP contribution is 2.25. The number of halogens is 5. The lowest BCUT2D eigenvalue weighted by Gasteiger charge is -2.20. The van der Waals surface area contributed by atoms with E-state index in [1.807, 2.05) is 0 Å². The number of nitrogens with one attached hydrogen (secondary N) is 1. The quantitative estimate of drug-likeness (QED) is 0.313. The van der Waals surface area contributed by atoms with E-state index in [2.05, 4.69) is 10.1 Å². The molecular formula is C22H24ClF4NO6. The molecule has 2 N–H and O–H groups in total. The molecule has 1 aliphatic carbocycles. The minimum Gasteiger partial charge on any atom is -0.496 e. The third-order valence-corrected chi connectivity index (χ3v) is 5.13. The van der Waals surface area contributed by atoms with Gasteiger partial charge in [0.15, 0.2) is 6.10 Å². The molecule has 0 saturated heterocycles. The number of hydrogen-bond acceptors (Lipinski definition) is 5. The van der Waals surface area contributed by atoms with E-state index in [-0.39, 0.29) is 19.6 Å². The largest absolute Gasteiger partial charge is 0.496 e. The van der Waals surface area contributed by atoms with Crippen LogP contribution in [0.2, 0.25) is 0 Å². The molecule has 1 aliphatic rings. The molecule has 0 aliphatic heterocycles. The van der Waals surface area contributed by atoms with Gasteiger partial charge < -0.3 is 24.6 Å². The van der Waals surface area contributed by atoms with E-state index >= 15 is 0 Å². The van der Waals surface area contributed by atoms with Crippen molar-refractivity contribution in [3.8, 4) is 5.75 Å². The normalized spacial score (nSPS) is 18.7. The van der Waals surface area contributed by atoms with Gasteiger partial charge in [-0.1, -0.05) is 36.4 Å². The second-order valence-electron chi connectivity index (χ2n) is 7.32. The van der Waals surface area contributed by atoms with Crippen molar-refractivity contribution in [3.05, 3.63) is 53.6 Å². The standard InChI is InChI=1S/C22H24ClF4NO6/c1-32-16-7-6-13(9-18(20(30)31)34-12-22(26,27)21(24)25)8-14(16)10-28-19(29)11-33-17-5-3-2-4-15(17)23/h2-8,15,17-18,21H,9-12H2,1H3,(H,28,29)(H,30,31). The van der Waals surface area contributed by atoms with E-state index in [1.165, 1.54) is 25.3 Å². The van der Waals surface area contributed by atoms with Gasteiger partial charge in [0.2, 0.25) is 5.91 Å². The maximum Gasteiger partial charge on any atom is 0.333 e. The predicted molar refractivity (Wildman–Crippen MR) is 115 cm³/mol. The fourth-order valence-electron chi connectivity index (χ4n) is 2.93. The molecule has 0 radical (unpaired) electrons. The van der Waals surface area contributed by atoms with Crippen LogP contribution >= 0.6 is 11.6 Å². The highest BCUT2D eigenvalue weighted by Gasteiger charge is 2.42. The Hall–Kier alpha value is -2.63. The van der Waals surface area contributed by atoms with Crippen molar-refractivity contribution in [2.24, 2.45) is 0 Å². The molecule has 12 heteroatoms. The zero-order valence-electron chi connectivity index (χ0n) is 18.1. The number of carboxylic acid groups (broad SMARTS) is 1. The maximum absolute atomic E-state index is 13.1. The van der Waals surface area contributed by atoms with Crippen LogP contribution in [0.4, 0.5) is 17.6 Å². The fourth-order valence-corrected chi connectivity index (χ4v) is 3.17. The van der Waals surface area contributed by atoms with E-state index in [9.17, 15) is 32.3 Å². The van der Waals surface area contributed by atoms with Gasteiger partial charge in [0, 0.05) is 18.5 Å². The van der Waals surface area contributed by atoms with Gasteiger partial charge >= 0.3 is 18.3 Å². The molecule has 0 fully saturated rings. The highest BCUT2D eigenvalue weighted by molar-refractivity contribution is 6.22. The molecular weight excluding hydrogens is 486 g/mol. The maximum atomic E-state index is 13.1. The van der Waals surface area contributed by atoms with Crippen LogP contribution in [0.15, 0.2) is 42.5 Å². The number of ether oxygens (including phenoxy) is 3. The number of allylic oxidation sites excluding steroid dienone is 2. The first kappa shape index (κ1) is 27.6. The zero-order valence-corrected chi connectivity index (χ0v) is 18.8. The fraction of sp³-hybridized carbons (Fsp3) is 0.455. The van der Waals surface area contributed by atoms with Gasteiger partial charge in [-0.15, -0.1) is 11.6 Å². The number of aliphatic carboxylic acids is 1. The summed E-state index contributed by atoms with van der Waals surface area (Å²) in [5.41, 5.74) is 0.810. The van der Waals surface area contributed by atoms with Crippen LogP contribution in [0.5, 0.6) is 5.75 Å². The summed E-state index contributed by atoms with van der Waals surface area (Å²) in [4.78, 5) is 23.5. The molecule has 0 heterocycles. The molecule has 3 atom stereocenters. The van der Waals surface area contributed by atoms with Crippen molar-refractivity contribution in [1.29, 1.82) is 0 Å². The molecule has 188 valence electrons. The topological polar surface area (TPSA) is 94.1 Å². The Labute approximate surface area is 198 Å². The van der Waals surface area contributed by atoms with Crippen LogP contribution in [-0.2, 0) is 32.0 Å². The predicted octanol–water partition coefficient (Wildman–Crippen LogP) is 3.34. The summed E-state index contributed by atoms with van der Waals surface area (Å²) in [6.45, 7) is -2.01. The van der Waals surface area contributed by atoms with Crippen molar-refractivity contribution in [2.75, 3.05) is 20.3 Å². The number of methoxy groups -OCH3 is 1. The van der Waals surface area contributed by atoms with E-state index in [4.69, 9.17) is 21.1 Å². The Balaban J connectivity index is 1.98. The number of benzene rings is 1. The molecule has 3 unspecified atom stereocenters. The third kappa shape index (κ3) is 8.30. The van der Waals surface area contributed by atoms with Crippen LogP contribution in [0.25, 0.3) is 0 Å². The van der Waals surface area contributed by atoms with Crippen molar-refractivity contribution >= 4 is 23.5 Å². The molecule has 0 spiro atoms. The summed E-state index contributed by atoms with van der Waals surface area (Å²) in [5, 5.41) is 11.5. The van der Waals surface area contributed by atoms with Gasteiger partial charge in [-0.25, -0.2) is 13.6 Å². The summed E-state index contributed by atoms with van der Waals surface area (Å²) in [5.74, 6) is -6.13. The first-order valence-corrected chi connectivity index (χ1v) is 10.5. The Bertz CT molecular complexity index is 911. The SMILES string of the molecule is COc1ccc(CC(OCC(F)(F)C(F)F)C(=O)O)cc1CNC(=O)COC1C=CC=CC1Cl. The summed E-state index contributed by atoms with van der Waals surface area (Å²) >= 11 is 6.08. The van der Waals surface area contributed by atoms with Gasteiger partial charge in [0.25, 0.3) is 0 Å². The summed E-state index contributed by atoms with van der Waals surface area (Å²) in [6, 6.07) is 4.46. The first-order valence-electron chi connectivity index (χ1n) is 10.1. The molecule has 1 amide bonds. The molecule has 0 aromatic heterocycles. The number of carbonyl (C=O) groups excluding carboxylic acids is 1. The highest BCUT2D eigenvalue weighted by atomic mass is 35.5. The van der Waals surface area contributed by atoms with Crippen LogP contribution in [-0.4, -0.2) is 67.2 Å². The van der Waals surface area contributed by atoms with Crippen LogP contribution in [0, 0.1) is 0 Å². The number of carboxylic acids is 1.